The van der Waals surface area contributed by atoms with Gasteiger partial charge in [-0.25, -0.2) is 4.98 Å². The van der Waals surface area contributed by atoms with Crippen molar-refractivity contribution < 1.29 is 8.83 Å². The van der Waals surface area contributed by atoms with E-state index in [0.29, 0.717) is 5.89 Å². The first-order valence-corrected chi connectivity index (χ1v) is 17.5. The highest BCUT2D eigenvalue weighted by Gasteiger charge is 2.22. The van der Waals surface area contributed by atoms with Crippen LogP contribution >= 0.6 is 11.3 Å². The molecule has 0 atom stereocenters. The van der Waals surface area contributed by atoms with Crippen LogP contribution in [0.15, 0.2) is 167 Å². The maximum absolute atomic E-state index is 6.62. The normalized spacial score (nSPS) is 12.0. The molecule has 11 rings (SSSR count). The summed E-state index contributed by atoms with van der Waals surface area (Å²) in [6.45, 7) is 0. The first-order chi connectivity index (χ1) is 24.8. The molecule has 4 nitrogen and oxygen atoms in total. The van der Waals surface area contributed by atoms with E-state index in [1.807, 2.05) is 41.7 Å². The monoisotopic (exact) mass is 658 g/mol. The van der Waals surface area contributed by atoms with Gasteiger partial charge in [-0.3, -0.25) is 0 Å². The molecule has 0 aliphatic rings. The van der Waals surface area contributed by atoms with Crippen LogP contribution in [-0.4, -0.2) is 4.98 Å². The summed E-state index contributed by atoms with van der Waals surface area (Å²) < 4.78 is 15.6. The Morgan fingerprint density at radius 3 is 2.14 bits per heavy atom. The third kappa shape index (κ3) is 4.01. The van der Waals surface area contributed by atoms with Crippen molar-refractivity contribution >= 4 is 103 Å². The summed E-state index contributed by atoms with van der Waals surface area (Å²) in [5.41, 5.74) is 7.38. The lowest BCUT2D eigenvalue weighted by atomic mass is 10.0. The number of oxazole rings is 1. The topological polar surface area (TPSA) is 42.4 Å². The van der Waals surface area contributed by atoms with Crippen molar-refractivity contribution in [2.24, 2.45) is 0 Å². The van der Waals surface area contributed by atoms with Crippen molar-refractivity contribution in [1.82, 2.24) is 4.98 Å². The van der Waals surface area contributed by atoms with Gasteiger partial charge in [0.05, 0.1) is 5.69 Å². The number of hydrogen-bond acceptors (Lipinski definition) is 5. The van der Waals surface area contributed by atoms with E-state index in [0.717, 1.165) is 66.4 Å². The predicted octanol–water partition coefficient (Wildman–Crippen LogP) is 13.5. The number of fused-ring (bicyclic) bond motifs is 11. The molecule has 0 saturated carbocycles. The number of para-hydroxylation sites is 1. The first kappa shape index (κ1) is 27.5. The Morgan fingerprint density at radius 2 is 1.24 bits per heavy atom. The maximum atomic E-state index is 6.62. The number of aromatic nitrogens is 1. The molecule has 0 aliphatic heterocycles. The van der Waals surface area contributed by atoms with Crippen LogP contribution < -0.4 is 4.90 Å². The van der Waals surface area contributed by atoms with Crippen LogP contribution in [0.4, 0.5) is 17.1 Å². The van der Waals surface area contributed by atoms with Crippen molar-refractivity contribution in [2.45, 2.75) is 0 Å². The Morgan fingerprint density at radius 1 is 0.480 bits per heavy atom. The van der Waals surface area contributed by atoms with E-state index in [4.69, 9.17) is 13.8 Å². The Labute approximate surface area is 290 Å². The van der Waals surface area contributed by atoms with Crippen LogP contribution in [0.2, 0.25) is 0 Å². The van der Waals surface area contributed by atoms with Gasteiger partial charge >= 0.3 is 0 Å². The Balaban J connectivity index is 1.12. The molecule has 0 aliphatic carbocycles. The standard InChI is InChI=1S/C45H26N2O2S/c1-2-12-29(13-3-1)47(36-17-9-19-40-42(36)34-23-20-28-11-5-7-15-32(28)44(34)50-40)30-22-24-33-39(26-30)48-37-18-8-16-35(41(33)37)45-46-43-31-14-6-4-10-27(31)21-25-38(43)49-45/h1-26H. The van der Waals surface area contributed by atoms with Crippen LogP contribution in [0.5, 0.6) is 0 Å². The molecule has 0 bridgehead atoms. The summed E-state index contributed by atoms with van der Waals surface area (Å²) in [5.74, 6) is 0.586. The molecule has 0 N–H and O–H groups in total. The third-order valence-corrected chi connectivity index (χ3v) is 11.1. The van der Waals surface area contributed by atoms with Crippen molar-refractivity contribution in [1.29, 1.82) is 0 Å². The largest absolute Gasteiger partial charge is 0.456 e. The average molecular weight is 659 g/mol. The van der Waals surface area contributed by atoms with Gasteiger partial charge in [-0.15, -0.1) is 11.3 Å². The zero-order valence-electron chi connectivity index (χ0n) is 26.6. The average Bonchev–Trinajstić information content (AvgIpc) is 3.89. The van der Waals surface area contributed by atoms with Gasteiger partial charge in [-0.2, -0.15) is 0 Å². The lowest BCUT2D eigenvalue weighted by Crippen LogP contribution is -2.10. The van der Waals surface area contributed by atoms with E-state index < -0.39 is 0 Å². The molecule has 234 valence electrons. The molecule has 8 aromatic carbocycles. The number of rotatable bonds is 4. The molecule has 0 radical (unpaired) electrons. The minimum Gasteiger partial charge on any atom is -0.456 e. The number of thiophene rings is 1. The number of benzene rings is 8. The van der Waals surface area contributed by atoms with Gasteiger partial charge in [0.2, 0.25) is 5.89 Å². The van der Waals surface area contributed by atoms with Crippen molar-refractivity contribution in [3.05, 3.63) is 158 Å². The molecule has 0 unspecified atom stereocenters. The zero-order valence-corrected chi connectivity index (χ0v) is 27.4. The second kappa shape index (κ2) is 10.5. The van der Waals surface area contributed by atoms with Crippen molar-refractivity contribution in [3.63, 3.8) is 0 Å². The molecule has 5 heteroatoms. The maximum Gasteiger partial charge on any atom is 0.228 e. The quantitative estimate of drug-likeness (QED) is 0.189. The van der Waals surface area contributed by atoms with Crippen LogP contribution in [0.1, 0.15) is 0 Å². The number of nitrogens with zero attached hydrogens (tertiary/aromatic N) is 2. The highest BCUT2D eigenvalue weighted by atomic mass is 32.1. The zero-order chi connectivity index (χ0) is 32.8. The van der Waals surface area contributed by atoms with E-state index in [1.54, 1.807) is 0 Å². The second-order valence-corrected chi connectivity index (χ2v) is 13.8. The predicted molar refractivity (Wildman–Crippen MR) is 209 cm³/mol. The molecule has 50 heavy (non-hydrogen) atoms. The van der Waals surface area contributed by atoms with Gasteiger partial charge in [0.1, 0.15) is 16.7 Å². The van der Waals surface area contributed by atoms with Crippen LogP contribution in [0, 0.1) is 0 Å². The van der Waals surface area contributed by atoms with Crippen LogP contribution in [-0.2, 0) is 0 Å². The molecule has 0 amide bonds. The molecule has 0 saturated heterocycles. The Kier molecular flexibility index (Phi) is 5.80. The number of anilines is 3. The number of furan rings is 1. The van der Waals surface area contributed by atoms with E-state index in [-0.39, 0.29) is 0 Å². The van der Waals surface area contributed by atoms with Gasteiger partial charge in [0.15, 0.2) is 5.58 Å². The molecular weight excluding hydrogens is 633 g/mol. The van der Waals surface area contributed by atoms with E-state index in [2.05, 4.69) is 132 Å². The molecule has 3 heterocycles. The molecule has 11 aromatic rings. The summed E-state index contributed by atoms with van der Waals surface area (Å²) in [6.07, 6.45) is 0. The van der Waals surface area contributed by atoms with Crippen molar-refractivity contribution in [3.8, 4) is 11.5 Å². The fraction of sp³-hybridized carbons (Fsp3) is 0. The summed E-state index contributed by atoms with van der Waals surface area (Å²) >= 11 is 1.86. The SMILES string of the molecule is c1ccc(N(c2ccc3c(c2)oc2cccc(-c4nc5c(ccc6ccccc65)o4)c23)c2cccc3sc4c5ccccc5ccc4c23)cc1. The lowest BCUT2D eigenvalue weighted by molar-refractivity contribution is 0.620. The Bertz CT molecular complexity index is 3120. The van der Waals surface area contributed by atoms with Gasteiger partial charge in [0, 0.05) is 59.3 Å². The summed E-state index contributed by atoms with van der Waals surface area (Å²) in [6, 6.07) is 55.4. The lowest BCUT2D eigenvalue weighted by Gasteiger charge is -2.26. The highest BCUT2D eigenvalue weighted by Crippen LogP contribution is 2.47. The fourth-order valence-electron chi connectivity index (χ4n) is 7.63. The molecule has 3 aromatic heterocycles. The van der Waals surface area contributed by atoms with Crippen molar-refractivity contribution in [2.75, 3.05) is 4.90 Å². The summed E-state index contributed by atoms with van der Waals surface area (Å²) in [5, 5.41) is 9.29. The Hall–Kier alpha value is -6.43. The third-order valence-electron chi connectivity index (χ3n) is 9.87. The van der Waals surface area contributed by atoms with Gasteiger partial charge in [-0.05, 0) is 70.8 Å². The van der Waals surface area contributed by atoms with Crippen LogP contribution in [0.3, 0.4) is 0 Å². The van der Waals surface area contributed by atoms with E-state index in [1.165, 1.54) is 30.9 Å². The van der Waals surface area contributed by atoms with Gasteiger partial charge in [0.25, 0.3) is 0 Å². The molecule has 0 spiro atoms. The first-order valence-electron chi connectivity index (χ1n) is 16.7. The minimum absolute atomic E-state index is 0.586. The van der Waals surface area contributed by atoms with Gasteiger partial charge < -0.3 is 13.7 Å². The molecule has 0 fully saturated rings. The summed E-state index contributed by atoms with van der Waals surface area (Å²) in [7, 11) is 0. The minimum atomic E-state index is 0.586. The summed E-state index contributed by atoms with van der Waals surface area (Å²) in [4.78, 5) is 7.38. The molecular formula is C45H26N2O2S. The fourth-order valence-corrected chi connectivity index (χ4v) is 8.89. The van der Waals surface area contributed by atoms with Gasteiger partial charge in [-0.1, -0.05) is 97.1 Å². The van der Waals surface area contributed by atoms with Crippen LogP contribution in [0.25, 0.3) is 86.2 Å². The van der Waals surface area contributed by atoms with E-state index in [9.17, 15) is 0 Å². The second-order valence-electron chi connectivity index (χ2n) is 12.7. The number of hydrogen-bond donors (Lipinski definition) is 0. The smallest absolute Gasteiger partial charge is 0.228 e. The highest BCUT2D eigenvalue weighted by molar-refractivity contribution is 7.26. The van der Waals surface area contributed by atoms with E-state index >= 15 is 0 Å².